The maximum absolute atomic E-state index is 13.5. The molecule has 1 amide bonds. The third-order valence-corrected chi connectivity index (χ3v) is 4.31. The van der Waals surface area contributed by atoms with Crippen molar-refractivity contribution >= 4 is 15.9 Å². The number of primary sulfonamides is 1. The van der Waals surface area contributed by atoms with Crippen molar-refractivity contribution in [3.05, 3.63) is 35.1 Å². The summed E-state index contributed by atoms with van der Waals surface area (Å²) in [5.41, 5.74) is 1.24. The van der Waals surface area contributed by atoms with E-state index in [1.807, 2.05) is 0 Å². The molecule has 0 radical (unpaired) electrons. The molecule has 7 heteroatoms. The lowest BCUT2D eigenvalue weighted by molar-refractivity contribution is -0.128. The molecule has 0 aliphatic carbocycles. The van der Waals surface area contributed by atoms with Crippen LogP contribution in [0.5, 0.6) is 0 Å². The zero-order valence-corrected chi connectivity index (χ0v) is 12.0. The predicted octanol–water partition coefficient (Wildman–Crippen LogP) is 0.771. The van der Waals surface area contributed by atoms with Crippen molar-refractivity contribution in [2.45, 2.75) is 19.9 Å². The number of carbonyl (C=O) groups excluding carboxylic acids is 1. The predicted molar refractivity (Wildman–Crippen MR) is 72.6 cm³/mol. The Kier molecular flexibility index (Phi) is 4.10. The lowest BCUT2D eigenvalue weighted by Crippen LogP contribution is -2.27. The molecule has 0 saturated carbocycles. The first-order valence-electron chi connectivity index (χ1n) is 6.28. The second-order valence-electron chi connectivity index (χ2n) is 5.26. The van der Waals surface area contributed by atoms with Gasteiger partial charge in [0.15, 0.2) is 0 Å². The van der Waals surface area contributed by atoms with E-state index >= 15 is 0 Å². The molecule has 1 atom stereocenters. The lowest BCUT2D eigenvalue weighted by atomic mass is 10.1. The van der Waals surface area contributed by atoms with Gasteiger partial charge in [-0.25, -0.2) is 17.9 Å². The average molecular weight is 300 g/mol. The molecule has 1 aliphatic heterocycles. The number of halogens is 1. The van der Waals surface area contributed by atoms with E-state index < -0.39 is 10.0 Å². The number of benzene rings is 1. The number of likely N-dealkylation sites (tertiary alicyclic amines) is 1. The van der Waals surface area contributed by atoms with Crippen LogP contribution in [0.15, 0.2) is 18.2 Å². The quantitative estimate of drug-likeness (QED) is 0.892. The number of rotatable bonds is 4. The number of aryl methyl sites for hydroxylation is 1. The molecule has 20 heavy (non-hydrogen) atoms. The van der Waals surface area contributed by atoms with Gasteiger partial charge in [0.25, 0.3) is 0 Å². The molecule has 0 spiro atoms. The molecule has 1 fully saturated rings. The minimum Gasteiger partial charge on any atom is -0.338 e. The fourth-order valence-corrected chi connectivity index (χ4v) is 3.28. The molecule has 5 nitrogen and oxygen atoms in total. The number of hydrogen-bond acceptors (Lipinski definition) is 3. The highest BCUT2D eigenvalue weighted by Gasteiger charge is 2.31. The number of hydrogen-bond donors (Lipinski definition) is 1. The van der Waals surface area contributed by atoms with Gasteiger partial charge in [0, 0.05) is 25.4 Å². The number of nitrogens with two attached hydrogens (primary N) is 1. The fourth-order valence-electron chi connectivity index (χ4n) is 2.40. The third kappa shape index (κ3) is 3.77. The van der Waals surface area contributed by atoms with Gasteiger partial charge in [-0.15, -0.1) is 0 Å². The van der Waals surface area contributed by atoms with E-state index in [0.717, 1.165) is 0 Å². The molecule has 1 aromatic rings. The molecule has 1 heterocycles. The Morgan fingerprint density at radius 1 is 1.45 bits per heavy atom. The second kappa shape index (κ2) is 5.49. The summed E-state index contributed by atoms with van der Waals surface area (Å²) in [6, 6.07) is 4.82. The zero-order valence-electron chi connectivity index (χ0n) is 11.2. The normalized spacial score (nSPS) is 19.6. The van der Waals surface area contributed by atoms with Crippen LogP contribution in [0.2, 0.25) is 0 Å². The maximum Gasteiger partial charge on any atom is 0.223 e. The summed E-state index contributed by atoms with van der Waals surface area (Å²) in [7, 11) is -3.58. The topological polar surface area (TPSA) is 80.5 Å². The van der Waals surface area contributed by atoms with E-state index in [2.05, 4.69) is 0 Å². The molecule has 0 aromatic heterocycles. The third-order valence-electron chi connectivity index (χ3n) is 3.37. The van der Waals surface area contributed by atoms with Crippen LogP contribution in [0.1, 0.15) is 17.5 Å². The molecule has 110 valence electrons. The Morgan fingerprint density at radius 3 is 2.75 bits per heavy atom. The smallest absolute Gasteiger partial charge is 0.223 e. The van der Waals surface area contributed by atoms with Gasteiger partial charge in [-0.1, -0.05) is 12.1 Å². The molecule has 1 saturated heterocycles. The summed E-state index contributed by atoms with van der Waals surface area (Å²) in [6.07, 6.45) is 0.171. The van der Waals surface area contributed by atoms with Crippen molar-refractivity contribution in [1.82, 2.24) is 4.90 Å². The first kappa shape index (κ1) is 14.9. The molecule has 2 rings (SSSR count). The monoisotopic (exact) mass is 300 g/mol. The van der Waals surface area contributed by atoms with Crippen LogP contribution in [0.3, 0.4) is 0 Å². The van der Waals surface area contributed by atoms with Gasteiger partial charge in [0.2, 0.25) is 15.9 Å². The Morgan fingerprint density at radius 2 is 2.15 bits per heavy atom. The van der Waals surface area contributed by atoms with Crippen molar-refractivity contribution in [2.24, 2.45) is 11.1 Å². The van der Waals surface area contributed by atoms with Gasteiger partial charge in [0.05, 0.1) is 5.75 Å². The fraction of sp³-hybridized carbons (Fsp3) is 0.462. The van der Waals surface area contributed by atoms with Gasteiger partial charge in [0.1, 0.15) is 5.82 Å². The van der Waals surface area contributed by atoms with Gasteiger partial charge < -0.3 is 4.90 Å². The minimum absolute atomic E-state index is 0.125. The van der Waals surface area contributed by atoms with Crippen molar-refractivity contribution in [3.63, 3.8) is 0 Å². The van der Waals surface area contributed by atoms with Crippen LogP contribution >= 0.6 is 0 Å². The van der Waals surface area contributed by atoms with Crippen molar-refractivity contribution < 1.29 is 17.6 Å². The lowest BCUT2D eigenvalue weighted by Gasteiger charge is -2.17. The van der Waals surface area contributed by atoms with E-state index in [4.69, 9.17) is 5.14 Å². The molecule has 2 N–H and O–H groups in total. The SMILES string of the molecule is Cc1ccc(CN2CC(CS(N)(=O)=O)CC2=O)cc1F. The summed E-state index contributed by atoms with van der Waals surface area (Å²) in [5.74, 6) is -0.917. The van der Waals surface area contributed by atoms with Crippen LogP contribution in [-0.4, -0.2) is 31.5 Å². The molecule has 1 aliphatic rings. The van der Waals surface area contributed by atoms with E-state index in [0.29, 0.717) is 17.7 Å². The minimum atomic E-state index is -3.58. The summed E-state index contributed by atoms with van der Waals surface area (Å²) in [6.45, 7) is 2.30. The average Bonchev–Trinajstić information content (AvgIpc) is 2.62. The standard InChI is InChI=1S/C13H17FN2O3S/c1-9-2-3-10(4-12(9)14)6-16-7-11(5-13(16)17)8-20(15,18)19/h2-4,11H,5-8H2,1H3,(H2,15,18,19). The maximum atomic E-state index is 13.5. The van der Waals surface area contributed by atoms with Crippen molar-refractivity contribution in [1.29, 1.82) is 0 Å². The highest BCUT2D eigenvalue weighted by molar-refractivity contribution is 7.89. The van der Waals surface area contributed by atoms with Crippen molar-refractivity contribution in [2.75, 3.05) is 12.3 Å². The summed E-state index contributed by atoms with van der Waals surface area (Å²) < 4.78 is 35.5. The van der Waals surface area contributed by atoms with Gasteiger partial charge >= 0.3 is 0 Å². The van der Waals surface area contributed by atoms with Gasteiger partial charge in [-0.2, -0.15) is 0 Å². The first-order valence-corrected chi connectivity index (χ1v) is 7.99. The summed E-state index contributed by atoms with van der Waals surface area (Å²) in [5, 5.41) is 4.99. The second-order valence-corrected chi connectivity index (χ2v) is 6.92. The highest BCUT2D eigenvalue weighted by Crippen LogP contribution is 2.21. The van der Waals surface area contributed by atoms with Crippen molar-refractivity contribution in [3.8, 4) is 0 Å². The van der Waals surface area contributed by atoms with Crippen LogP contribution < -0.4 is 5.14 Å². The summed E-state index contributed by atoms with van der Waals surface area (Å²) in [4.78, 5) is 13.4. The molecule has 1 aromatic carbocycles. The molecule has 0 bridgehead atoms. The van der Waals surface area contributed by atoms with E-state index in [1.54, 1.807) is 24.0 Å². The Hall–Kier alpha value is -1.47. The highest BCUT2D eigenvalue weighted by atomic mass is 32.2. The zero-order chi connectivity index (χ0) is 14.9. The van der Waals surface area contributed by atoms with Crippen LogP contribution in [0.4, 0.5) is 4.39 Å². The number of amides is 1. The van der Waals surface area contributed by atoms with Gasteiger partial charge in [-0.05, 0) is 24.1 Å². The number of nitrogens with zero attached hydrogens (tertiary/aromatic N) is 1. The summed E-state index contributed by atoms with van der Waals surface area (Å²) >= 11 is 0. The van der Waals surface area contributed by atoms with Crippen LogP contribution in [0.25, 0.3) is 0 Å². The van der Waals surface area contributed by atoms with E-state index in [1.165, 1.54) is 6.07 Å². The molecular formula is C13H17FN2O3S. The molecule has 1 unspecified atom stereocenters. The Bertz CT molecular complexity index is 631. The van der Waals surface area contributed by atoms with Crippen LogP contribution in [-0.2, 0) is 21.4 Å². The number of carbonyl (C=O) groups is 1. The van der Waals surface area contributed by atoms with E-state index in [9.17, 15) is 17.6 Å². The first-order chi connectivity index (χ1) is 9.24. The molecular weight excluding hydrogens is 283 g/mol. The number of sulfonamides is 1. The van der Waals surface area contributed by atoms with Gasteiger partial charge in [-0.3, -0.25) is 4.79 Å². The van der Waals surface area contributed by atoms with Crippen LogP contribution in [0, 0.1) is 18.7 Å². The largest absolute Gasteiger partial charge is 0.338 e. The Labute approximate surface area is 117 Å². The Balaban J connectivity index is 2.03. The van der Waals surface area contributed by atoms with E-state index in [-0.39, 0.29) is 36.4 Å².